The van der Waals surface area contributed by atoms with Gasteiger partial charge in [0, 0.05) is 24.8 Å². The van der Waals surface area contributed by atoms with Gasteiger partial charge in [0.25, 0.3) is 0 Å². The van der Waals surface area contributed by atoms with Crippen molar-refractivity contribution in [2.75, 3.05) is 24.6 Å². The standard InChI is InChI=1S/C13H19N3O3/c1-4-13(3)9-15(7-8-19-13)12-11(16(17)18)10(2)5-6-14-12/h5-6H,4,7-9H2,1-3H3. The number of hydrogen-bond acceptors (Lipinski definition) is 5. The van der Waals surface area contributed by atoms with Crippen LogP contribution in [0, 0.1) is 17.0 Å². The van der Waals surface area contributed by atoms with Crippen LogP contribution in [0.15, 0.2) is 12.3 Å². The van der Waals surface area contributed by atoms with Gasteiger partial charge in [-0.05, 0) is 26.3 Å². The first-order valence-corrected chi connectivity index (χ1v) is 6.46. The van der Waals surface area contributed by atoms with E-state index in [9.17, 15) is 10.1 Å². The second kappa shape index (κ2) is 5.13. The monoisotopic (exact) mass is 265 g/mol. The molecule has 1 aliphatic rings. The fraction of sp³-hybridized carbons (Fsp3) is 0.615. The van der Waals surface area contributed by atoms with Crippen LogP contribution in [-0.4, -0.2) is 35.2 Å². The summed E-state index contributed by atoms with van der Waals surface area (Å²) in [5.41, 5.74) is 0.472. The number of nitro groups is 1. The Bertz CT molecular complexity index is 492. The number of aromatic nitrogens is 1. The average molecular weight is 265 g/mol. The summed E-state index contributed by atoms with van der Waals surface area (Å²) in [6.07, 6.45) is 2.49. The average Bonchev–Trinajstić information content (AvgIpc) is 2.38. The summed E-state index contributed by atoms with van der Waals surface area (Å²) in [6, 6.07) is 1.67. The molecule has 1 aromatic heterocycles. The molecule has 1 unspecified atom stereocenters. The van der Waals surface area contributed by atoms with Gasteiger partial charge in [-0.1, -0.05) is 6.92 Å². The number of ether oxygens (including phenoxy) is 1. The summed E-state index contributed by atoms with van der Waals surface area (Å²) in [5, 5.41) is 11.2. The van der Waals surface area contributed by atoms with E-state index in [0.717, 1.165) is 6.42 Å². The van der Waals surface area contributed by atoms with Crippen LogP contribution in [0.4, 0.5) is 11.5 Å². The third-order valence-corrected chi connectivity index (χ3v) is 3.67. The first-order chi connectivity index (χ1) is 8.97. The van der Waals surface area contributed by atoms with Gasteiger partial charge >= 0.3 is 5.69 Å². The molecular formula is C13H19N3O3. The van der Waals surface area contributed by atoms with E-state index in [0.29, 0.717) is 31.1 Å². The maximum atomic E-state index is 11.2. The minimum Gasteiger partial charge on any atom is -0.372 e. The summed E-state index contributed by atoms with van der Waals surface area (Å²) in [5.74, 6) is 0.452. The second-order valence-electron chi connectivity index (χ2n) is 5.13. The Morgan fingerprint density at radius 2 is 2.37 bits per heavy atom. The van der Waals surface area contributed by atoms with Gasteiger partial charge in [0.05, 0.1) is 17.1 Å². The van der Waals surface area contributed by atoms with Crippen LogP contribution in [-0.2, 0) is 4.74 Å². The Hall–Kier alpha value is -1.69. The van der Waals surface area contributed by atoms with Crippen molar-refractivity contribution in [1.29, 1.82) is 0 Å². The van der Waals surface area contributed by atoms with E-state index in [4.69, 9.17) is 4.74 Å². The zero-order chi connectivity index (χ0) is 14.0. The smallest absolute Gasteiger partial charge is 0.314 e. The molecule has 0 saturated carbocycles. The summed E-state index contributed by atoms with van der Waals surface area (Å²) in [4.78, 5) is 17.0. The van der Waals surface area contributed by atoms with Crippen molar-refractivity contribution in [2.45, 2.75) is 32.8 Å². The van der Waals surface area contributed by atoms with Crippen molar-refractivity contribution >= 4 is 11.5 Å². The number of rotatable bonds is 3. The third kappa shape index (κ3) is 2.68. The van der Waals surface area contributed by atoms with Crippen molar-refractivity contribution in [3.63, 3.8) is 0 Å². The molecule has 0 spiro atoms. The number of hydrogen-bond donors (Lipinski definition) is 0. The number of morpholine rings is 1. The van der Waals surface area contributed by atoms with Crippen LogP contribution in [0.1, 0.15) is 25.8 Å². The molecule has 0 radical (unpaired) electrons. The predicted molar refractivity (Wildman–Crippen MR) is 72.5 cm³/mol. The van der Waals surface area contributed by atoms with Crippen LogP contribution in [0.5, 0.6) is 0 Å². The van der Waals surface area contributed by atoms with Crippen LogP contribution >= 0.6 is 0 Å². The number of aryl methyl sites for hydroxylation is 1. The van der Waals surface area contributed by atoms with Crippen LogP contribution in [0.3, 0.4) is 0 Å². The lowest BCUT2D eigenvalue weighted by Crippen LogP contribution is -2.50. The van der Waals surface area contributed by atoms with E-state index >= 15 is 0 Å². The highest BCUT2D eigenvalue weighted by molar-refractivity contribution is 5.61. The van der Waals surface area contributed by atoms with Crippen molar-refractivity contribution in [2.24, 2.45) is 0 Å². The molecule has 2 rings (SSSR count). The van der Waals surface area contributed by atoms with Crippen LogP contribution < -0.4 is 4.90 Å². The van der Waals surface area contributed by atoms with E-state index < -0.39 is 0 Å². The Balaban J connectivity index is 2.37. The van der Waals surface area contributed by atoms with Crippen molar-refractivity contribution in [3.8, 4) is 0 Å². The maximum Gasteiger partial charge on any atom is 0.314 e. The Morgan fingerprint density at radius 1 is 1.63 bits per heavy atom. The number of pyridine rings is 1. The van der Waals surface area contributed by atoms with Gasteiger partial charge in [0.1, 0.15) is 0 Å². The zero-order valence-electron chi connectivity index (χ0n) is 11.5. The molecular weight excluding hydrogens is 246 g/mol. The van der Waals surface area contributed by atoms with E-state index in [1.165, 1.54) is 0 Å². The lowest BCUT2D eigenvalue weighted by atomic mass is 10.0. The normalized spacial score (nSPS) is 23.4. The highest BCUT2D eigenvalue weighted by Gasteiger charge is 2.34. The molecule has 104 valence electrons. The minimum atomic E-state index is -0.351. The number of anilines is 1. The molecule has 1 saturated heterocycles. The van der Waals surface area contributed by atoms with Gasteiger partial charge in [0.15, 0.2) is 0 Å². The van der Waals surface area contributed by atoms with Crippen molar-refractivity contribution in [3.05, 3.63) is 27.9 Å². The molecule has 0 aliphatic carbocycles. The number of nitrogens with zero attached hydrogens (tertiary/aromatic N) is 3. The van der Waals surface area contributed by atoms with Gasteiger partial charge in [-0.2, -0.15) is 0 Å². The van der Waals surface area contributed by atoms with Crippen molar-refractivity contribution in [1.82, 2.24) is 4.98 Å². The molecule has 6 heteroatoms. The summed E-state index contributed by atoms with van der Waals surface area (Å²) in [7, 11) is 0. The lowest BCUT2D eigenvalue weighted by Gasteiger charge is -2.40. The Kier molecular flexibility index (Phi) is 3.71. The maximum absolute atomic E-state index is 11.2. The molecule has 1 fully saturated rings. The Labute approximate surface area is 112 Å². The van der Waals surface area contributed by atoms with E-state index in [1.807, 2.05) is 11.8 Å². The summed E-state index contributed by atoms with van der Waals surface area (Å²) in [6.45, 7) is 7.65. The first-order valence-electron chi connectivity index (χ1n) is 6.46. The van der Waals surface area contributed by atoms with Crippen molar-refractivity contribution < 1.29 is 9.66 Å². The quantitative estimate of drug-likeness (QED) is 0.619. The second-order valence-corrected chi connectivity index (χ2v) is 5.13. The molecule has 1 aromatic rings. The third-order valence-electron chi connectivity index (χ3n) is 3.67. The molecule has 1 aliphatic heterocycles. The van der Waals surface area contributed by atoms with Gasteiger partial charge in [-0.25, -0.2) is 4.98 Å². The SMILES string of the molecule is CCC1(C)CN(c2nccc(C)c2[N+](=O)[O-])CCO1. The van der Waals surface area contributed by atoms with Gasteiger partial charge in [-0.3, -0.25) is 10.1 Å². The summed E-state index contributed by atoms with van der Waals surface area (Å²) < 4.78 is 5.76. The lowest BCUT2D eigenvalue weighted by molar-refractivity contribution is -0.385. The first kappa shape index (κ1) is 13.7. The topological polar surface area (TPSA) is 68.5 Å². The molecule has 0 N–H and O–H groups in total. The zero-order valence-corrected chi connectivity index (χ0v) is 11.5. The van der Waals surface area contributed by atoms with E-state index in [-0.39, 0.29) is 16.2 Å². The minimum absolute atomic E-state index is 0.0999. The molecule has 0 aromatic carbocycles. The highest BCUT2D eigenvalue weighted by Crippen LogP contribution is 2.32. The summed E-state index contributed by atoms with van der Waals surface area (Å²) >= 11 is 0. The molecule has 1 atom stereocenters. The largest absolute Gasteiger partial charge is 0.372 e. The van der Waals surface area contributed by atoms with Crippen LogP contribution in [0.25, 0.3) is 0 Å². The molecule has 0 bridgehead atoms. The highest BCUT2D eigenvalue weighted by atomic mass is 16.6. The van der Waals surface area contributed by atoms with Crippen LogP contribution in [0.2, 0.25) is 0 Å². The van der Waals surface area contributed by atoms with E-state index in [2.05, 4.69) is 11.9 Å². The van der Waals surface area contributed by atoms with E-state index in [1.54, 1.807) is 19.2 Å². The Morgan fingerprint density at radius 3 is 3.00 bits per heavy atom. The molecule has 2 heterocycles. The fourth-order valence-electron chi connectivity index (χ4n) is 2.32. The molecule has 19 heavy (non-hydrogen) atoms. The van der Waals surface area contributed by atoms with Gasteiger partial charge < -0.3 is 9.64 Å². The predicted octanol–water partition coefficient (Wildman–Crippen LogP) is 2.30. The van der Waals surface area contributed by atoms with Gasteiger partial charge in [0.2, 0.25) is 5.82 Å². The molecule has 0 amide bonds. The fourth-order valence-corrected chi connectivity index (χ4v) is 2.32. The molecule has 6 nitrogen and oxygen atoms in total. The van der Waals surface area contributed by atoms with Gasteiger partial charge in [-0.15, -0.1) is 0 Å².